The Balaban J connectivity index is 1.50. The van der Waals surface area contributed by atoms with E-state index in [0.29, 0.717) is 29.4 Å². The smallest absolute Gasteiger partial charge is 0.363 e. The van der Waals surface area contributed by atoms with Crippen LogP contribution in [0.4, 0.5) is 5.69 Å². The lowest BCUT2D eigenvalue weighted by Gasteiger charge is -2.11. The summed E-state index contributed by atoms with van der Waals surface area (Å²) in [6.45, 7) is 1.85. The number of cyclic esters (lactones) is 1. The number of nitrogens with one attached hydrogen (secondary N) is 1. The third kappa shape index (κ3) is 5.82. The molecule has 0 saturated heterocycles. The maximum atomic E-state index is 12.4. The van der Waals surface area contributed by atoms with Crippen molar-refractivity contribution in [1.29, 1.82) is 0 Å². The lowest BCUT2D eigenvalue weighted by Crippen LogP contribution is -2.07. The van der Waals surface area contributed by atoms with Crippen LogP contribution in [-0.2, 0) is 20.9 Å². The van der Waals surface area contributed by atoms with Crippen molar-refractivity contribution in [2.75, 3.05) is 12.4 Å². The Bertz CT molecular complexity index is 1300. The highest BCUT2D eigenvalue weighted by Gasteiger charge is 2.24. The zero-order valence-corrected chi connectivity index (χ0v) is 20.7. The van der Waals surface area contributed by atoms with Gasteiger partial charge in [-0.2, -0.15) is 0 Å². The summed E-state index contributed by atoms with van der Waals surface area (Å²) in [6, 6.07) is 20.3. The first-order valence-electron chi connectivity index (χ1n) is 10.4. The Kier molecular flexibility index (Phi) is 7.27. The van der Waals surface area contributed by atoms with Gasteiger partial charge in [-0.05, 0) is 88.3 Å². The van der Waals surface area contributed by atoms with Crippen molar-refractivity contribution in [1.82, 2.24) is 0 Å². The third-order valence-corrected chi connectivity index (χ3v) is 5.52. The van der Waals surface area contributed by atoms with Gasteiger partial charge in [0.05, 0.1) is 7.11 Å². The van der Waals surface area contributed by atoms with Crippen molar-refractivity contribution in [3.8, 4) is 11.5 Å². The number of methoxy groups -OCH3 is 1. The molecule has 0 bridgehead atoms. The Labute approximate surface area is 210 Å². The standard InChI is InChI=1S/C26H21IN2O5/c1-16(30)28-21-9-7-19(8-10-21)25-29-22(26(31)34-25)13-17-6-11-23(24(14-17)32-2)33-15-18-4-3-5-20(27)12-18/h3-14H,15H2,1-2H3,(H,28,30)/b22-13-. The van der Waals surface area contributed by atoms with E-state index in [1.54, 1.807) is 49.6 Å². The summed E-state index contributed by atoms with van der Waals surface area (Å²) in [5.41, 5.74) is 3.23. The van der Waals surface area contributed by atoms with E-state index in [-0.39, 0.29) is 17.5 Å². The van der Waals surface area contributed by atoms with Crippen molar-refractivity contribution in [3.05, 3.63) is 92.7 Å². The Morgan fingerprint density at radius 2 is 1.88 bits per heavy atom. The molecule has 4 rings (SSSR count). The molecule has 7 nitrogen and oxygen atoms in total. The van der Waals surface area contributed by atoms with Gasteiger partial charge >= 0.3 is 5.97 Å². The van der Waals surface area contributed by atoms with Crippen molar-refractivity contribution < 1.29 is 23.8 Å². The number of aliphatic imine (C=N–C) groups is 1. The van der Waals surface area contributed by atoms with E-state index < -0.39 is 5.97 Å². The summed E-state index contributed by atoms with van der Waals surface area (Å²) in [5, 5.41) is 2.69. The summed E-state index contributed by atoms with van der Waals surface area (Å²) < 4.78 is 17.9. The van der Waals surface area contributed by atoms with Gasteiger partial charge in [0, 0.05) is 21.7 Å². The van der Waals surface area contributed by atoms with Gasteiger partial charge in [0.1, 0.15) is 6.61 Å². The molecule has 0 fully saturated rings. The predicted octanol–water partition coefficient (Wildman–Crippen LogP) is 5.18. The topological polar surface area (TPSA) is 86.2 Å². The number of amides is 1. The molecule has 0 atom stereocenters. The molecule has 172 valence electrons. The van der Waals surface area contributed by atoms with Crippen molar-refractivity contribution in [3.63, 3.8) is 0 Å². The minimum absolute atomic E-state index is 0.163. The van der Waals surface area contributed by atoms with E-state index >= 15 is 0 Å². The third-order valence-electron chi connectivity index (χ3n) is 4.85. The van der Waals surface area contributed by atoms with Crippen LogP contribution in [0.3, 0.4) is 0 Å². The molecule has 0 aromatic heterocycles. The SMILES string of the molecule is COc1cc(/C=C2\N=C(c3ccc(NC(C)=O)cc3)OC2=O)ccc1OCc1cccc(I)c1. The summed E-state index contributed by atoms with van der Waals surface area (Å²) in [7, 11) is 1.56. The van der Waals surface area contributed by atoms with Crippen LogP contribution in [-0.4, -0.2) is 24.9 Å². The molecule has 3 aromatic carbocycles. The second kappa shape index (κ2) is 10.5. The molecule has 1 amide bonds. The molecule has 34 heavy (non-hydrogen) atoms. The van der Waals surface area contributed by atoms with Crippen LogP contribution in [0.2, 0.25) is 0 Å². The van der Waals surface area contributed by atoms with Crippen LogP contribution in [0.15, 0.2) is 77.4 Å². The molecular formula is C26H21IN2O5. The molecule has 1 aliphatic rings. The largest absolute Gasteiger partial charge is 0.493 e. The van der Waals surface area contributed by atoms with E-state index in [0.717, 1.165) is 14.7 Å². The number of benzene rings is 3. The first kappa shape index (κ1) is 23.5. The molecule has 0 saturated carbocycles. The number of carbonyl (C=O) groups excluding carboxylic acids is 2. The minimum atomic E-state index is -0.543. The van der Waals surface area contributed by atoms with Gasteiger partial charge in [-0.1, -0.05) is 18.2 Å². The van der Waals surface area contributed by atoms with Gasteiger partial charge in [-0.3, -0.25) is 4.79 Å². The zero-order chi connectivity index (χ0) is 24.1. The van der Waals surface area contributed by atoms with Crippen LogP contribution in [0.25, 0.3) is 6.08 Å². The van der Waals surface area contributed by atoms with Gasteiger partial charge in [-0.15, -0.1) is 0 Å². The average Bonchev–Trinajstić information content (AvgIpc) is 3.18. The second-order valence-electron chi connectivity index (χ2n) is 7.42. The highest BCUT2D eigenvalue weighted by molar-refractivity contribution is 14.1. The number of anilines is 1. The number of ether oxygens (including phenoxy) is 3. The Hall–Kier alpha value is -3.66. The lowest BCUT2D eigenvalue weighted by molar-refractivity contribution is -0.129. The Morgan fingerprint density at radius 3 is 2.59 bits per heavy atom. The molecule has 1 aliphatic heterocycles. The van der Waals surface area contributed by atoms with Crippen molar-refractivity contribution in [2.45, 2.75) is 13.5 Å². The van der Waals surface area contributed by atoms with Gasteiger partial charge in [0.15, 0.2) is 17.2 Å². The maximum Gasteiger partial charge on any atom is 0.363 e. The summed E-state index contributed by atoms with van der Waals surface area (Å²) in [6.07, 6.45) is 1.63. The summed E-state index contributed by atoms with van der Waals surface area (Å²) in [4.78, 5) is 27.9. The first-order chi connectivity index (χ1) is 16.4. The van der Waals surface area contributed by atoms with Crippen molar-refractivity contribution >= 4 is 52.1 Å². The molecule has 1 heterocycles. The minimum Gasteiger partial charge on any atom is -0.493 e. The second-order valence-corrected chi connectivity index (χ2v) is 8.67. The van der Waals surface area contributed by atoms with E-state index in [1.807, 2.05) is 24.3 Å². The number of hydrogen-bond acceptors (Lipinski definition) is 6. The highest BCUT2D eigenvalue weighted by atomic mass is 127. The Morgan fingerprint density at radius 1 is 1.09 bits per heavy atom. The van der Waals surface area contributed by atoms with Crippen LogP contribution in [0.1, 0.15) is 23.6 Å². The van der Waals surface area contributed by atoms with E-state index in [1.165, 1.54) is 6.92 Å². The van der Waals surface area contributed by atoms with Gasteiger partial charge in [0.2, 0.25) is 11.8 Å². The van der Waals surface area contributed by atoms with E-state index in [2.05, 4.69) is 39.0 Å². The van der Waals surface area contributed by atoms with Gasteiger partial charge in [-0.25, -0.2) is 9.79 Å². The fourth-order valence-electron chi connectivity index (χ4n) is 3.27. The molecule has 0 radical (unpaired) electrons. The fourth-order valence-corrected chi connectivity index (χ4v) is 3.88. The number of esters is 1. The normalized spacial score (nSPS) is 13.9. The number of carbonyl (C=O) groups is 2. The van der Waals surface area contributed by atoms with Crippen LogP contribution < -0.4 is 14.8 Å². The van der Waals surface area contributed by atoms with E-state index in [4.69, 9.17) is 14.2 Å². The lowest BCUT2D eigenvalue weighted by atomic mass is 10.1. The molecular weight excluding hydrogens is 547 g/mol. The predicted molar refractivity (Wildman–Crippen MR) is 138 cm³/mol. The molecule has 3 aromatic rings. The molecule has 0 aliphatic carbocycles. The van der Waals surface area contributed by atoms with E-state index in [9.17, 15) is 9.59 Å². The van der Waals surface area contributed by atoms with Crippen LogP contribution in [0.5, 0.6) is 11.5 Å². The number of hydrogen-bond donors (Lipinski definition) is 1. The monoisotopic (exact) mass is 568 g/mol. The summed E-state index contributed by atoms with van der Waals surface area (Å²) in [5.74, 6) is 0.642. The molecule has 8 heteroatoms. The van der Waals surface area contributed by atoms with Gasteiger partial charge in [0.25, 0.3) is 0 Å². The van der Waals surface area contributed by atoms with Crippen LogP contribution >= 0.6 is 22.6 Å². The molecule has 0 spiro atoms. The first-order valence-corrected chi connectivity index (χ1v) is 11.4. The maximum absolute atomic E-state index is 12.4. The number of halogens is 1. The zero-order valence-electron chi connectivity index (χ0n) is 18.5. The highest BCUT2D eigenvalue weighted by Crippen LogP contribution is 2.30. The van der Waals surface area contributed by atoms with Gasteiger partial charge < -0.3 is 19.5 Å². The fraction of sp³-hybridized carbons (Fsp3) is 0.115. The quantitative estimate of drug-likeness (QED) is 0.241. The summed E-state index contributed by atoms with van der Waals surface area (Å²) >= 11 is 2.26. The van der Waals surface area contributed by atoms with Crippen molar-refractivity contribution in [2.24, 2.45) is 4.99 Å². The average molecular weight is 568 g/mol. The molecule has 0 unspecified atom stereocenters. The molecule has 1 N–H and O–H groups in total. The number of rotatable bonds is 7. The number of nitrogens with zero attached hydrogens (tertiary/aromatic N) is 1. The van der Waals surface area contributed by atoms with Crippen LogP contribution in [0, 0.1) is 3.57 Å².